The molecule has 1 aromatic carbocycles. The van der Waals surface area contributed by atoms with E-state index in [1.54, 1.807) is 10.9 Å². The first-order chi connectivity index (χ1) is 10.2. The maximum Gasteiger partial charge on any atom is 0.203 e. The number of carbonyl (C=O) groups excluding carboxylic acids is 1. The fourth-order valence-electron chi connectivity index (χ4n) is 2.86. The molecule has 1 atom stereocenters. The maximum atomic E-state index is 12.9. The molecular formula is C16H18ClN3O. The van der Waals surface area contributed by atoms with Crippen molar-refractivity contribution >= 4 is 17.4 Å². The first-order valence-corrected chi connectivity index (χ1v) is 7.67. The lowest BCUT2D eigenvalue weighted by Gasteiger charge is -2.26. The highest BCUT2D eigenvalue weighted by Crippen LogP contribution is 2.28. The van der Waals surface area contributed by atoms with Crippen LogP contribution in [0.3, 0.4) is 0 Å². The van der Waals surface area contributed by atoms with Crippen LogP contribution in [0, 0.1) is 0 Å². The minimum atomic E-state index is -0.334. The predicted molar refractivity (Wildman–Crippen MR) is 82.7 cm³/mol. The zero-order valence-corrected chi connectivity index (χ0v) is 12.7. The quantitative estimate of drug-likeness (QED) is 0.883. The van der Waals surface area contributed by atoms with E-state index < -0.39 is 0 Å². The van der Waals surface area contributed by atoms with Gasteiger partial charge in [-0.3, -0.25) is 9.48 Å². The van der Waals surface area contributed by atoms with Gasteiger partial charge in [-0.1, -0.05) is 42.8 Å². The molecule has 21 heavy (non-hydrogen) atoms. The van der Waals surface area contributed by atoms with Gasteiger partial charge in [0.25, 0.3) is 0 Å². The number of aromatic nitrogens is 2. The molecule has 4 nitrogen and oxygen atoms in total. The van der Waals surface area contributed by atoms with E-state index in [0.29, 0.717) is 17.3 Å². The Morgan fingerprint density at radius 3 is 3.10 bits per heavy atom. The number of nitrogens with zero attached hydrogens (tertiary/aromatic N) is 2. The van der Waals surface area contributed by atoms with Crippen LogP contribution in [0.15, 0.2) is 30.5 Å². The number of aryl methyl sites for hydroxylation is 1. The van der Waals surface area contributed by atoms with Gasteiger partial charge in [0.15, 0.2) is 0 Å². The van der Waals surface area contributed by atoms with E-state index in [0.717, 1.165) is 24.9 Å². The molecule has 0 fully saturated rings. The van der Waals surface area contributed by atoms with Crippen LogP contribution in [0.4, 0.5) is 0 Å². The number of nitrogens with one attached hydrogen (secondary N) is 1. The fraction of sp³-hybridized carbons (Fsp3) is 0.375. The summed E-state index contributed by atoms with van der Waals surface area (Å²) in [5, 5.41) is 7.95. The number of fused-ring (bicyclic) bond motifs is 1. The van der Waals surface area contributed by atoms with Gasteiger partial charge in [0.1, 0.15) is 5.69 Å². The van der Waals surface area contributed by atoms with E-state index in [9.17, 15) is 4.79 Å². The molecule has 2 heterocycles. The van der Waals surface area contributed by atoms with Crippen molar-refractivity contribution in [1.29, 1.82) is 0 Å². The third-order valence-corrected chi connectivity index (χ3v) is 4.11. The Balaban J connectivity index is 1.99. The summed E-state index contributed by atoms with van der Waals surface area (Å²) in [6, 6.07) is 7.75. The van der Waals surface area contributed by atoms with Crippen molar-refractivity contribution in [3.8, 4) is 0 Å². The number of hydrogen-bond donors (Lipinski definition) is 1. The minimum Gasteiger partial charge on any atom is -0.303 e. The second kappa shape index (κ2) is 6.00. The zero-order valence-electron chi connectivity index (χ0n) is 12.0. The van der Waals surface area contributed by atoms with E-state index in [1.807, 2.05) is 18.2 Å². The van der Waals surface area contributed by atoms with Crippen molar-refractivity contribution < 1.29 is 4.79 Å². The summed E-state index contributed by atoms with van der Waals surface area (Å²) in [7, 11) is 0. The van der Waals surface area contributed by atoms with E-state index in [2.05, 4.69) is 23.4 Å². The highest BCUT2D eigenvalue weighted by Gasteiger charge is 2.30. The number of ketones is 1. The summed E-state index contributed by atoms with van der Waals surface area (Å²) < 4.78 is 1.71. The van der Waals surface area contributed by atoms with Crippen molar-refractivity contribution in [2.75, 3.05) is 6.54 Å². The molecule has 0 spiro atoms. The van der Waals surface area contributed by atoms with Gasteiger partial charge in [0, 0.05) is 13.1 Å². The highest BCUT2D eigenvalue weighted by molar-refractivity contribution is 6.33. The summed E-state index contributed by atoms with van der Waals surface area (Å²) in [6.45, 7) is 3.55. The Morgan fingerprint density at radius 1 is 1.48 bits per heavy atom. The van der Waals surface area contributed by atoms with Crippen LogP contribution in [-0.4, -0.2) is 22.1 Å². The highest BCUT2D eigenvalue weighted by atomic mass is 35.5. The van der Waals surface area contributed by atoms with Gasteiger partial charge in [-0.15, -0.1) is 0 Å². The van der Waals surface area contributed by atoms with Crippen LogP contribution < -0.4 is 5.32 Å². The standard InChI is InChI=1S/C16H18ClN3O/c1-2-9-20-15(13(17)10-19-20)16(21)14-12-6-4-3-5-11(12)7-8-18-14/h3-6,10,14,18H,2,7-9H2,1H3. The van der Waals surface area contributed by atoms with Gasteiger partial charge in [-0.2, -0.15) is 5.10 Å². The SMILES string of the molecule is CCCn1ncc(Cl)c1C(=O)C1NCCc2ccccc21. The van der Waals surface area contributed by atoms with Gasteiger partial charge >= 0.3 is 0 Å². The van der Waals surface area contributed by atoms with Crippen molar-refractivity contribution in [2.24, 2.45) is 0 Å². The second-order valence-electron chi connectivity index (χ2n) is 5.26. The Kier molecular flexibility index (Phi) is 4.08. The Morgan fingerprint density at radius 2 is 2.29 bits per heavy atom. The maximum absolute atomic E-state index is 12.9. The Bertz CT molecular complexity index is 665. The van der Waals surface area contributed by atoms with Gasteiger partial charge in [-0.25, -0.2) is 0 Å². The van der Waals surface area contributed by atoms with Crippen molar-refractivity contribution in [2.45, 2.75) is 32.4 Å². The van der Waals surface area contributed by atoms with Crippen molar-refractivity contribution in [3.05, 3.63) is 52.3 Å². The molecule has 1 unspecified atom stereocenters. The minimum absolute atomic E-state index is 0.00176. The third kappa shape index (κ3) is 2.61. The largest absolute Gasteiger partial charge is 0.303 e. The van der Waals surface area contributed by atoms with Crippen molar-refractivity contribution in [3.63, 3.8) is 0 Å². The van der Waals surface area contributed by atoms with E-state index in [1.165, 1.54) is 5.56 Å². The van der Waals surface area contributed by atoms with E-state index in [-0.39, 0.29) is 11.8 Å². The normalized spacial score (nSPS) is 17.5. The average Bonchev–Trinajstić information content (AvgIpc) is 2.87. The predicted octanol–water partition coefficient (Wildman–Crippen LogP) is 3.02. The number of halogens is 1. The second-order valence-corrected chi connectivity index (χ2v) is 5.67. The number of Topliss-reactive ketones (excluding diaryl/α,β-unsaturated/α-hetero) is 1. The molecule has 2 aromatic rings. The van der Waals surface area contributed by atoms with E-state index >= 15 is 0 Å². The molecule has 5 heteroatoms. The molecule has 0 amide bonds. The summed E-state index contributed by atoms with van der Waals surface area (Å²) in [4.78, 5) is 12.9. The molecular weight excluding hydrogens is 286 g/mol. The number of hydrogen-bond acceptors (Lipinski definition) is 3. The lowest BCUT2D eigenvalue weighted by atomic mass is 9.91. The lowest BCUT2D eigenvalue weighted by Crippen LogP contribution is -2.36. The number of carbonyl (C=O) groups is 1. The van der Waals surface area contributed by atoms with Crippen LogP contribution in [0.2, 0.25) is 5.02 Å². The smallest absolute Gasteiger partial charge is 0.203 e. The molecule has 110 valence electrons. The average molecular weight is 304 g/mol. The van der Waals surface area contributed by atoms with Gasteiger partial charge < -0.3 is 5.32 Å². The lowest BCUT2D eigenvalue weighted by molar-refractivity contribution is 0.0928. The zero-order chi connectivity index (χ0) is 14.8. The summed E-state index contributed by atoms with van der Waals surface area (Å²) in [6.07, 6.45) is 3.41. The van der Waals surface area contributed by atoms with E-state index in [4.69, 9.17) is 11.6 Å². The van der Waals surface area contributed by atoms with Crippen molar-refractivity contribution in [1.82, 2.24) is 15.1 Å². The van der Waals surface area contributed by atoms with Gasteiger partial charge in [0.2, 0.25) is 5.78 Å². The first-order valence-electron chi connectivity index (χ1n) is 7.29. The Labute approximate surface area is 129 Å². The molecule has 0 saturated carbocycles. The van der Waals surface area contributed by atoms with Crippen LogP contribution in [0.5, 0.6) is 0 Å². The molecule has 1 N–H and O–H groups in total. The number of benzene rings is 1. The number of rotatable bonds is 4. The molecule has 1 aromatic heterocycles. The molecule has 1 aliphatic heterocycles. The van der Waals surface area contributed by atoms with Crippen LogP contribution in [0.1, 0.15) is 41.0 Å². The monoisotopic (exact) mass is 303 g/mol. The molecule has 0 radical (unpaired) electrons. The van der Waals surface area contributed by atoms with Gasteiger partial charge in [-0.05, 0) is 24.0 Å². The molecule has 1 aliphatic rings. The first kappa shape index (κ1) is 14.3. The Hall–Kier alpha value is -1.65. The van der Waals surface area contributed by atoms with Crippen LogP contribution >= 0.6 is 11.6 Å². The van der Waals surface area contributed by atoms with Crippen LogP contribution in [0.25, 0.3) is 0 Å². The third-order valence-electron chi connectivity index (χ3n) is 3.83. The van der Waals surface area contributed by atoms with Crippen LogP contribution in [-0.2, 0) is 13.0 Å². The molecule has 3 rings (SSSR count). The summed E-state index contributed by atoms with van der Waals surface area (Å²) in [5.41, 5.74) is 2.79. The fourth-order valence-corrected chi connectivity index (χ4v) is 3.10. The molecule has 0 bridgehead atoms. The molecule has 0 saturated heterocycles. The topological polar surface area (TPSA) is 46.9 Å². The summed E-state index contributed by atoms with van der Waals surface area (Å²) >= 11 is 6.19. The van der Waals surface area contributed by atoms with Gasteiger partial charge in [0.05, 0.1) is 17.3 Å². The summed E-state index contributed by atoms with van der Waals surface area (Å²) in [5.74, 6) is -0.00176. The molecule has 0 aliphatic carbocycles.